The van der Waals surface area contributed by atoms with Crippen LogP contribution in [0.1, 0.15) is 0 Å². The minimum atomic E-state index is -4.11. The Labute approximate surface area is 122 Å². The van der Waals surface area contributed by atoms with E-state index in [0.29, 0.717) is 4.60 Å². The second-order valence-corrected chi connectivity index (χ2v) is 6.25. The molecule has 1 heterocycles. The molecule has 0 saturated carbocycles. The van der Waals surface area contributed by atoms with Crippen molar-refractivity contribution in [2.45, 2.75) is 4.90 Å². The monoisotopic (exact) mass is 365 g/mol. The SMILES string of the molecule is O=S(=O)(Nc1cnc(Br)cn1)c1cccc(Cl)c1F. The number of halogens is 3. The number of nitrogens with one attached hydrogen (secondary N) is 1. The lowest BCUT2D eigenvalue weighted by Gasteiger charge is -2.08. The Bertz CT molecular complexity index is 709. The van der Waals surface area contributed by atoms with Gasteiger partial charge >= 0.3 is 0 Å². The van der Waals surface area contributed by atoms with E-state index in [1.54, 1.807) is 0 Å². The molecule has 2 aromatic rings. The number of anilines is 1. The fraction of sp³-hybridized carbons (Fsp3) is 0. The van der Waals surface area contributed by atoms with Crippen LogP contribution >= 0.6 is 27.5 Å². The van der Waals surface area contributed by atoms with E-state index in [1.165, 1.54) is 24.5 Å². The second-order valence-electron chi connectivity index (χ2n) is 3.38. The van der Waals surface area contributed by atoms with Crippen molar-refractivity contribution in [3.63, 3.8) is 0 Å². The molecule has 0 aliphatic carbocycles. The van der Waals surface area contributed by atoms with Crippen molar-refractivity contribution in [1.82, 2.24) is 9.97 Å². The van der Waals surface area contributed by atoms with Crippen molar-refractivity contribution in [2.24, 2.45) is 0 Å². The topological polar surface area (TPSA) is 72.0 Å². The van der Waals surface area contributed by atoms with Gasteiger partial charge in [0, 0.05) is 0 Å². The van der Waals surface area contributed by atoms with Gasteiger partial charge in [0.25, 0.3) is 10.0 Å². The number of sulfonamides is 1. The summed E-state index contributed by atoms with van der Waals surface area (Å²) in [4.78, 5) is 7.04. The summed E-state index contributed by atoms with van der Waals surface area (Å²) >= 11 is 8.61. The standard InChI is InChI=1S/C10H6BrClFN3O2S/c11-8-4-15-9(5-14-8)16-19(17,18)7-3-1-2-6(12)10(7)13/h1-5H,(H,15,16). The van der Waals surface area contributed by atoms with Gasteiger partial charge < -0.3 is 0 Å². The summed E-state index contributed by atoms with van der Waals surface area (Å²) in [5, 5.41) is -0.273. The number of hydrogen-bond acceptors (Lipinski definition) is 4. The first-order valence-electron chi connectivity index (χ1n) is 4.84. The summed E-state index contributed by atoms with van der Waals surface area (Å²) in [6.45, 7) is 0. The van der Waals surface area contributed by atoms with Crippen molar-refractivity contribution in [1.29, 1.82) is 0 Å². The van der Waals surface area contributed by atoms with Gasteiger partial charge in [-0.1, -0.05) is 17.7 Å². The number of rotatable bonds is 3. The Morgan fingerprint density at radius 2 is 2.00 bits per heavy atom. The first-order valence-corrected chi connectivity index (χ1v) is 7.50. The predicted molar refractivity (Wildman–Crippen MR) is 72.0 cm³/mol. The van der Waals surface area contributed by atoms with E-state index in [-0.39, 0.29) is 10.8 Å². The van der Waals surface area contributed by atoms with Crippen LogP contribution in [0.15, 0.2) is 40.1 Å². The zero-order chi connectivity index (χ0) is 14.0. The Kier molecular flexibility index (Phi) is 4.02. The maximum atomic E-state index is 13.7. The molecule has 0 aliphatic rings. The van der Waals surface area contributed by atoms with E-state index in [0.717, 1.165) is 6.07 Å². The highest BCUT2D eigenvalue weighted by molar-refractivity contribution is 9.10. The maximum Gasteiger partial charge on any atom is 0.266 e. The molecule has 0 unspecified atom stereocenters. The fourth-order valence-electron chi connectivity index (χ4n) is 1.25. The van der Waals surface area contributed by atoms with Gasteiger partial charge in [-0.15, -0.1) is 0 Å². The number of hydrogen-bond donors (Lipinski definition) is 1. The van der Waals surface area contributed by atoms with Crippen LogP contribution in [-0.2, 0) is 10.0 Å². The Hall–Kier alpha value is -1.25. The molecule has 0 aliphatic heterocycles. The highest BCUT2D eigenvalue weighted by Gasteiger charge is 2.21. The third-order valence-corrected chi connectivity index (χ3v) is 4.14. The molecule has 0 bridgehead atoms. The van der Waals surface area contributed by atoms with Crippen molar-refractivity contribution in [2.75, 3.05) is 4.72 Å². The van der Waals surface area contributed by atoms with Crippen LogP contribution in [0.2, 0.25) is 5.02 Å². The van der Waals surface area contributed by atoms with Gasteiger partial charge in [-0.25, -0.2) is 22.8 Å². The van der Waals surface area contributed by atoms with Crippen LogP contribution < -0.4 is 4.72 Å². The molecule has 0 spiro atoms. The van der Waals surface area contributed by atoms with E-state index < -0.39 is 20.7 Å². The second kappa shape index (κ2) is 5.40. The molecule has 1 aromatic carbocycles. The largest absolute Gasteiger partial charge is 0.266 e. The molecular formula is C10H6BrClFN3O2S. The van der Waals surface area contributed by atoms with E-state index >= 15 is 0 Å². The normalized spacial score (nSPS) is 11.3. The smallest absolute Gasteiger partial charge is 0.262 e. The summed E-state index contributed by atoms with van der Waals surface area (Å²) < 4.78 is 40.2. The third kappa shape index (κ3) is 3.20. The van der Waals surface area contributed by atoms with E-state index in [9.17, 15) is 12.8 Å². The summed E-state index contributed by atoms with van der Waals surface area (Å²) in [5.41, 5.74) is 0. The minimum absolute atomic E-state index is 0.0254. The molecule has 5 nitrogen and oxygen atoms in total. The molecule has 0 saturated heterocycles. The molecule has 0 fully saturated rings. The van der Waals surface area contributed by atoms with Crippen molar-refractivity contribution >= 4 is 43.4 Å². The number of nitrogens with zero attached hydrogens (tertiary/aromatic N) is 2. The van der Waals surface area contributed by atoms with Crippen molar-refractivity contribution in [3.8, 4) is 0 Å². The van der Waals surface area contributed by atoms with Gasteiger partial charge in [0.2, 0.25) is 0 Å². The van der Waals surface area contributed by atoms with Gasteiger partial charge in [0.15, 0.2) is 11.6 Å². The molecular weight excluding hydrogens is 361 g/mol. The average Bonchev–Trinajstić information content (AvgIpc) is 2.35. The molecule has 100 valence electrons. The molecule has 0 radical (unpaired) electrons. The van der Waals surface area contributed by atoms with Gasteiger partial charge in [0.1, 0.15) is 9.50 Å². The van der Waals surface area contributed by atoms with Crippen LogP contribution in [0.4, 0.5) is 10.2 Å². The zero-order valence-electron chi connectivity index (χ0n) is 9.14. The number of benzene rings is 1. The fourth-order valence-corrected chi connectivity index (χ4v) is 2.78. The van der Waals surface area contributed by atoms with Crippen LogP contribution in [0.5, 0.6) is 0 Å². The van der Waals surface area contributed by atoms with E-state index in [2.05, 4.69) is 30.6 Å². The van der Waals surface area contributed by atoms with Crippen molar-refractivity contribution in [3.05, 3.63) is 46.0 Å². The summed E-state index contributed by atoms with van der Waals surface area (Å²) in [6, 6.07) is 3.71. The van der Waals surface area contributed by atoms with Gasteiger partial charge in [-0.2, -0.15) is 0 Å². The van der Waals surface area contributed by atoms with E-state index in [4.69, 9.17) is 11.6 Å². The third-order valence-electron chi connectivity index (χ3n) is 2.06. The molecule has 9 heteroatoms. The summed E-state index contributed by atoms with van der Waals surface area (Å²) in [6.07, 6.45) is 2.51. The van der Waals surface area contributed by atoms with E-state index in [1.807, 2.05) is 0 Å². The molecule has 1 N–H and O–H groups in total. The zero-order valence-corrected chi connectivity index (χ0v) is 12.3. The first kappa shape index (κ1) is 14.2. The molecule has 0 atom stereocenters. The summed E-state index contributed by atoms with van der Waals surface area (Å²) in [7, 11) is -4.11. The highest BCUT2D eigenvalue weighted by Crippen LogP contribution is 2.23. The van der Waals surface area contributed by atoms with Crippen molar-refractivity contribution < 1.29 is 12.8 Å². The van der Waals surface area contributed by atoms with Gasteiger partial charge in [0.05, 0.1) is 17.4 Å². The molecule has 1 aromatic heterocycles. The minimum Gasteiger partial charge on any atom is -0.262 e. The van der Waals surface area contributed by atoms with Gasteiger partial charge in [-0.3, -0.25) is 4.72 Å². The first-order chi connectivity index (χ1) is 8.90. The summed E-state index contributed by atoms with van der Waals surface area (Å²) in [5.74, 6) is -1.04. The molecule has 19 heavy (non-hydrogen) atoms. The number of aromatic nitrogens is 2. The van der Waals surface area contributed by atoms with Crippen LogP contribution in [0.25, 0.3) is 0 Å². The van der Waals surface area contributed by atoms with Crippen LogP contribution in [0, 0.1) is 5.82 Å². The van der Waals surface area contributed by atoms with Crippen LogP contribution in [0.3, 0.4) is 0 Å². The lowest BCUT2D eigenvalue weighted by Crippen LogP contribution is -2.15. The maximum absolute atomic E-state index is 13.7. The van der Waals surface area contributed by atoms with Crippen LogP contribution in [-0.4, -0.2) is 18.4 Å². The Morgan fingerprint density at radius 1 is 1.26 bits per heavy atom. The highest BCUT2D eigenvalue weighted by atomic mass is 79.9. The molecule has 0 amide bonds. The lowest BCUT2D eigenvalue weighted by molar-refractivity contribution is 0.570. The average molecular weight is 367 g/mol. The lowest BCUT2D eigenvalue weighted by atomic mass is 10.3. The quantitative estimate of drug-likeness (QED) is 0.906. The predicted octanol–water partition coefficient (Wildman–Crippen LogP) is 2.83. The van der Waals surface area contributed by atoms with Gasteiger partial charge in [-0.05, 0) is 28.1 Å². The Balaban J connectivity index is 2.38. The molecule has 2 rings (SSSR count). The Morgan fingerprint density at radius 3 is 2.63 bits per heavy atom.